The summed E-state index contributed by atoms with van der Waals surface area (Å²) in [4.78, 5) is 39.4. The molecule has 1 spiro atoms. The second kappa shape index (κ2) is 10.2. The molecule has 8 nitrogen and oxygen atoms in total. The molecular weight excluding hydrogens is 584 g/mol. The number of Topliss-reactive ketones (excluding diaryl/α,β-unsaturated/α-hetero) is 1. The third-order valence-electron chi connectivity index (χ3n) is 6.59. The maximum Gasteiger partial charge on any atom is 0.292 e. The fourth-order valence-electron chi connectivity index (χ4n) is 4.74. The zero-order valence-electron chi connectivity index (χ0n) is 20.4. The predicted molar refractivity (Wildman–Crippen MR) is 148 cm³/mol. The Morgan fingerprint density at radius 2 is 1.85 bits per heavy atom. The number of benzene rings is 2. The second-order valence-corrected chi connectivity index (χ2v) is 10.4. The van der Waals surface area contributed by atoms with Gasteiger partial charge in [-0.1, -0.05) is 35.9 Å². The van der Waals surface area contributed by atoms with E-state index < -0.39 is 5.54 Å². The first-order valence-electron chi connectivity index (χ1n) is 12.1. The zero-order valence-corrected chi connectivity index (χ0v) is 22.7. The molecule has 39 heavy (non-hydrogen) atoms. The maximum absolute atomic E-state index is 13.0. The highest BCUT2D eigenvalue weighted by atomic mass is 79.9. The Morgan fingerprint density at radius 3 is 2.64 bits per heavy atom. The lowest BCUT2D eigenvalue weighted by Crippen LogP contribution is -2.42. The van der Waals surface area contributed by atoms with Gasteiger partial charge in [0.1, 0.15) is 17.0 Å². The zero-order chi connectivity index (χ0) is 27.0. The van der Waals surface area contributed by atoms with Crippen LogP contribution in [0.4, 0.5) is 0 Å². The molecule has 0 fully saturated rings. The molecule has 2 aromatic carbocycles. The first-order valence-corrected chi connectivity index (χ1v) is 13.3. The number of amidine groups is 1. The van der Waals surface area contributed by atoms with E-state index in [-0.39, 0.29) is 30.7 Å². The fourth-order valence-corrected chi connectivity index (χ4v) is 5.18. The van der Waals surface area contributed by atoms with E-state index in [0.29, 0.717) is 34.3 Å². The standard InChI is InChI=1S/C29H20BrClN4O4/c30-19-14-22-27(33-15-19)39-25-9-6-17(13-24(36)23-8-7-20(31)16-32-23)12-21(25)29(22)10-11-38-28(35-29)34-26(37)18-4-2-1-3-5-18/h1-9,12,14-16H,10-11,13H2,(H,34,35,37)/t29-/m0/s1. The first-order chi connectivity index (χ1) is 18.9. The molecule has 1 N–H and O–H groups in total. The van der Waals surface area contributed by atoms with Crippen LogP contribution in [-0.2, 0) is 16.7 Å². The molecule has 4 heterocycles. The fraction of sp³-hybridized carbons (Fsp3) is 0.138. The summed E-state index contributed by atoms with van der Waals surface area (Å²) in [6.45, 7) is 0.289. The number of nitrogens with one attached hydrogen (secondary N) is 1. The molecule has 0 saturated carbocycles. The Bertz CT molecular complexity index is 1630. The number of fused-ring (bicyclic) bond motifs is 4. The van der Waals surface area contributed by atoms with Crippen LogP contribution in [0, 0.1) is 0 Å². The maximum atomic E-state index is 13.0. The van der Waals surface area contributed by atoms with E-state index in [2.05, 4.69) is 31.2 Å². The van der Waals surface area contributed by atoms with Crippen LogP contribution < -0.4 is 10.1 Å². The predicted octanol–water partition coefficient (Wildman–Crippen LogP) is 5.87. The van der Waals surface area contributed by atoms with Gasteiger partial charge in [0.2, 0.25) is 5.88 Å². The van der Waals surface area contributed by atoms with Crippen molar-refractivity contribution < 1.29 is 19.1 Å². The average Bonchev–Trinajstić information content (AvgIpc) is 2.95. The summed E-state index contributed by atoms with van der Waals surface area (Å²) >= 11 is 9.44. The van der Waals surface area contributed by atoms with E-state index in [1.807, 2.05) is 30.3 Å². The van der Waals surface area contributed by atoms with E-state index >= 15 is 0 Å². The highest BCUT2D eigenvalue weighted by molar-refractivity contribution is 9.10. The number of hydrogen-bond donors (Lipinski definition) is 1. The van der Waals surface area contributed by atoms with E-state index in [9.17, 15) is 9.59 Å². The van der Waals surface area contributed by atoms with Gasteiger partial charge >= 0.3 is 0 Å². The van der Waals surface area contributed by atoms with Gasteiger partial charge in [0, 0.05) is 46.4 Å². The molecule has 2 aliphatic heterocycles. The first kappa shape index (κ1) is 25.2. The number of hydrogen-bond acceptors (Lipinski definition) is 7. The van der Waals surface area contributed by atoms with Crippen LogP contribution in [-0.4, -0.2) is 34.3 Å². The number of nitrogens with zero attached hydrogens (tertiary/aromatic N) is 3. The summed E-state index contributed by atoms with van der Waals surface area (Å²) in [5.74, 6) is 0.506. The van der Waals surface area contributed by atoms with E-state index in [0.717, 1.165) is 21.2 Å². The summed E-state index contributed by atoms with van der Waals surface area (Å²) in [6, 6.07) is 19.7. The van der Waals surface area contributed by atoms with Crippen molar-refractivity contribution in [3.63, 3.8) is 0 Å². The number of aromatic nitrogens is 2. The van der Waals surface area contributed by atoms with Gasteiger partial charge in [-0.25, -0.2) is 9.98 Å². The molecule has 2 aliphatic rings. The lowest BCUT2D eigenvalue weighted by molar-refractivity contribution is 0.0956. The topological polar surface area (TPSA) is 103 Å². The normalized spacial score (nSPS) is 17.2. The second-order valence-electron chi connectivity index (χ2n) is 9.10. The monoisotopic (exact) mass is 602 g/mol. The van der Waals surface area contributed by atoms with Gasteiger partial charge in [0.15, 0.2) is 5.78 Å². The molecule has 1 amide bonds. The Labute approximate surface area is 237 Å². The highest BCUT2D eigenvalue weighted by Crippen LogP contribution is 2.52. The summed E-state index contributed by atoms with van der Waals surface area (Å²) in [5.41, 5.74) is 2.09. The molecule has 2 aromatic heterocycles. The number of ketones is 1. The summed E-state index contributed by atoms with van der Waals surface area (Å²) < 4.78 is 12.7. The minimum Gasteiger partial charge on any atom is -0.465 e. The van der Waals surface area contributed by atoms with Gasteiger partial charge in [-0.2, -0.15) is 0 Å². The smallest absolute Gasteiger partial charge is 0.292 e. The minimum atomic E-state index is -0.963. The van der Waals surface area contributed by atoms with Crippen LogP contribution in [0.2, 0.25) is 5.02 Å². The quantitative estimate of drug-likeness (QED) is 0.293. The number of halogens is 2. The third kappa shape index (κ3) is 4.91. The van der Waals surface area contributed by atoms with Crippen LogP contribution in [0.25, 0.3) is 0 Å². The number of ether oxygens (including phenoxy) is 2. The lowest BCUT2D eigenvalue weighted by Gasteiger charge is -2.39. The molecule has 0 unspecified atom stereocenters. The molecule has 10 heteroatoms. The Hall–Kier alpha value is -4.08. The van der Waals surface area contributed by atoms with Gasteiger partial charge in [0.25, 0.3) is 11.9 Å². The molecule has 0 aliphatic carbocycles. The number of carbonyl (C=O) groups is 2. The van der Waals surface area contributed by atoms with Crippen LogP contribution >= 0.6 is 27.5 Å². The largest absolute Gasteiger partial charge is 0.465 e. The van der Waals surface area contributed by atoms with Crippen molar-refractivity contribution >= 4 is 45.2 Å². The van der Waals surface area contributed by atoms with Gasteiger partial charge in [-0.05, 0) is 64.0 Å². The number of rotatable bonds is 4. The Kier molecular flexibility index (Phi) is 6.62. The van der Waals surface area contributed by atoms with Gasteiger partial charge in [-0.15, -0.1) is 0 Å². The molecule has 0 bridgehead atoms. The van der Waals surface area contributed by atoms with Gasteiger partial charge in [0.05, 0.1) is 11.6 Å². The van der Waals surface area contributed by atoms with E-state index in [4.69, 9.17) is 26.1 Å². The van der Waals surface area contributed by atoms with Gasteiger partial charge < -0.3 is 9.47 Å². The molecule has 1 atom stereocenters. The van der Waals surface area contributed by atoms with E-state index in [1.54, 1.807) is 42.6 Å². The number of carbonyl (C=O) groups excluding carboxylic acids is 2. The number of amides is 1. The molecule has 194 valence electrons. The summed E-state index contributed by atoms with van der Waals surface area (Å²) in [6.07, 6.45) is 3.70. The van der Waals surface area contributed by atoms with Crippen molar-refractivity contribution in [2.75, 3.05) is 6.61 Å². The van der Waals surface area contributed by atoms with Crippen molar-refractivity contribution in [2.24, 2.45) is 4.99 Å². The third-order valence-corrected chi connectivity index (χ3v) is 7.25. The van der Waals surface area contributed by atoms with Crippen molar-refractivity contribution in [3.05, 3.63) is 117 Å². The molecule has 4 aromatic rings. The number of aliphatic imine (C=N–C) groups is 1. The number of pyridine rings is 2. The van der Waals surface area contributed by atoms with Crippen LogP contribution in [0.1, 0.15) is 44.0 Å². The van der Waals surface area contributed by atoms with Crippen molar-refractivity contribution in [2.45, 2.75) is 18.4 Å². The van der Waals surface area contributed by atoms with Crippen molar-refractivity contribution in [1.29, 1.82) is 0 Å². The summed E-state index contributed by atoms with van der Waals surface area (Å²) in [7, 11) is 0. The molecule has 6 rings (SSSR count). The lowest BCUT2D eigenvalue weighted by atomic mass is 9.78. The minimum absolute atomic E-state index is 0.0979. The Morgan fingerprint density at radius 1 is 1.00 bits per heavy atom. The van der Waals surface area contributed by atoms with Crippen LogP contribution in [0.15, 0.2) is 88.6 Å². The highest BCUT2D eigenvalue weighted by Gasteiger charge is 2.46. The van der Waals surface area contributed by atoms with Crippen LogP contribution in [0.3, 0.4) is 0 Å². The van der Waals surface area contributed by atoms with Gasteiger partial charge in [-0.3, -0.25) is 19.9 Å². The van der Waals surface area contributed by atoms with E-state index in [1.165, 1.54) is 6.20 Å². The SMILES string of the molecule is O=C(NC1=N[C@@]2(CCO1)c1cc(CC(=O)c3ccc(Cl)cn3)ccc1Oc1ncc(Br)cc12)c1ccccc1. The molecule has 0 saturated heterocycles. The Balaban J connectivity index is 1.41. The average molecular weight is 604 g/mol. The summed E-state index contributed by atoms with van der Waals surface area (Å²) in [5, 5.41) is 3.26. The molecular formula is C29H20BrClN4O4. The molecule has 0 radical (unpaired) electrons. The van der Waals surface area contributed by atoms with Crippen molar-refractivity contribution in [3.8, 4) is 11.6 Å². The van der Waals surface area contributed by atoms with Crippen molar-refractivity contribution in [1.82, 2.24) is 15.3 Å². The van der Waals surface area contributed by atoms with Crippen LogP contribution in [0.5, 0.6) is 11.6 Å².